The Hall–Kier alpha value is -2.67. The highest BCUT2D eigenvalue weighted by atomic mass is 32.2. The Morgan fingerprint density at radius 1 is 1.26 bits per heavy atom. The average molecular weight is 329 g/mol. The van der Waals surface area contributed by atoms with Crippen molar-refractivity contribution in [2.24, 2.45) is 0 Å². The number of para-hydroxylation sites is 3. The van der Waals surface area contributed by atoms with Gasteiger partial charge >= 0.3 is 5.97 Å². The molecule has 0 aliphatic rings. The van der Waals surface area contributed by atoms with Gasteiger partial charge in [0.15, 0.2) is 5.16 Å². The smallest absolute Gasteiger partial charge is 0.339 e. The number of methoxy groups -OCH3 is 1. The number of hydrogen-bond acceptors (Lipinski definition) is 5. The maximum Gasteiger partial charge on any atom is 0.339 e. The fourth-order valence-electron chi connectivity index (χ4n) is 2.27. The summed E-state index contributed by atoms with van der Waals surface area (Å²) in [5, 5.41) is 0.383. The molecule has 0 aliphatic heterocycles. The molecular formula is C16H15N3O3S. The Morgan fingerprint density at radius 2 is 2.04 bits per heavy atom. The van der Waals surface area contributed by atoms with Gasteiger partial charge in [-0.05, 0) is 23.8 Å². The number of aromatic amines is 1. The first kappa shape index (κ1) is 15.2. The number of H-pyrrole nitrogens is 1. The zero-order chi connectivity index (χ0) is 16.4. The van der Waals surface area contributed by atoms with Gasteiger partial charge in [0.1, 0.15) is 0 Å². The number of hydrogen-bond donors (Lipinski definition) is 2. The maximum atomic E-state index is 12.5. The molecule has 6 nitrogen and oxygen atoms in total. The minimum Gasteiger partial charge on any atom is -0.465 e. The van der Waals surface area contributed by atoms with Crippen LogP contribution in [0.1, 0.15) is 15.9 Å². The van der Waals surface area contributed by atoms with Gasteiger partial charge in [-0.3, -0.25) is 4.21 Å². The molecule has 3 rings (SSSR count). The number of ether oxygens (including phenoxy) is 1. The Bertz CT molecular complexity index is 871. The van der Waals surface area contributed by atoms with E-state index in [4.69, 9.17) is 5.73 Å². The highest BCUT2D eigenvalue weighted by Gasteiger charge is 2.16. The summed E-state index contributed by atoms with van der Waals surface area (Å²) in [5.74, 6) is -0.352. The van der Waals surface area contributed by atoms with Crippen LogP contribution in [-0.2, 0) is 21.3 Å². The molecule has 3 aromatic rings. The SMILES string of the molecule is COC(=O)c1cccc(CS(=O)c2nc3ccccc3[nH]2)c1N. The van der Waals surface area contributed by atoms with Crippen LogP contribution in [0.25, 0.3) is 11.0 Å². The zero-order valence-electron chi connectivity index (χ0n) is 12.4. The topological polar surface area (TPSA) is 98.1 Å². The lowest BCUT2D eigenvalue weighted by molar-refractivity contribution is 0.0602. The van der Waals surface area contributed by atoms with Crippen LogP contribution in [0.3, 0.4) is 0 Å². The van der Waals surface area contributed by atoms with Crippen molar-refractivity contribution in [3.8, 4) is 0 Å². The van der Waals surface area contributed by atoms with Crippen LogP contribution < -0.4 is 5.73 Å². The summed E-state index contributed by atoms with van der Waals surface area (Å²) in [4.78, 5) is 19.0. The second-order valence-corrected chi connectivity index (χ2v) is 6.29. The molecule has 0 saturated carbocycles. The maximum absolute atomic E-state index is 12.5. The number of nitrogens with one attached hydrogen (secondary N) is 1. The molecule has 23 heavy (non-hydrogen) atoms. The molecule has 1 heterocycles. The van der Waals surface area contributed by atoms with Crippen LogP contribution in [0.2, 0.25) is 0 Å². The lowest BCUT2D eigenvalue weighted by Crippen LogP contribution is -2.09. The van der Waals surface area contributed by atoms with Gasteiger partial charge in [-0.1, -0.05) is 24.3 Å². The van der Waals surface area contributed by atoms with Crippen molar-refractivity contribution in [1.29, 1.82) is 0 Å². The van der Waals surface area contributed by atoms with Gasteiger partial charge in [-0.2, -0.15) is 0 Å². The first-order valence-corrected chi connectivity index (χ1v) is 8.21. The summed E-state index contributed by atoms with van der Waals surface area (Å²) < 4.78 is 17.2. The molecule has 2 aromatic carbocycles. The quantitative estimate of drug-likeness (QED) is 0.565. The Morgan fingerprint density at radius 3 is 2.78 bits per heavy atom. The molecule has 1 unspecified atom stereocenters. The van der Waals surface area contributed by atoms with Crippen molar-refractivity contribution >= 4 is 33.5 Å². The molecule has 118 valence electrons. The van der Waals surface area contributed by atoms with E-state index in [0.717, 1.165) is 11.0 Å². The van der Waals surface area contributed by atoms with Crippen LogP contribution in [0, 0.1) is 0 Å². The number of nitrogen functional groups attached to an aromatic ring is 1. The molecular weight excluding hydrogens is 314 g/mol. The van der Waals surface area contributed by atoms with Gasteiger partial charge in [0.25, 0.3) is 0 Å². The zero-order valence-corrected chi connectivity index (χ0v) is 13.2. The summed E-state index contributed by atoms with van der Waals surface area (Å²) in [5.41, 5.74) is 8.75. The highest BCUT2D eigenvalue weighted by Crippen LogP contribution is 2.22. The summed E-state index contributed by atoms with van der Waals surface area (Å²) in [7, 11) is -0.107. The monoisotopic (exact) mass is 329 g/mol. The van der Waals surface area contributed by atoms with Gasteiger partial charge in [-0.25, -0.2) is 9.78 Å². The van der Waals surface area contributed by atoms with E-state index in [-0.39, 0.29) is 17.0 Å². The van der Waals surface area contributed by atoms with Crippen molar-refractivity contribution in [2.45, 2.75) is 10.9 Å². The number of fused-ring (bicyclic) bond motifs is 1. The Labute approximate surface area is 135 Å². The number of benzene rings is 2. The van der Waals surface area contributed by atoms with E-state index >= 15 is 0 Å². The number of carbonyl (C=O) groups is 1. The molecule has 0 spiro atoms. The second-order valence-electron chi connectivity index (χ2n) is 4.92. The third-order valence-corrected chi connectivity index (χ3v) is 4.67. The number of nitrogens with zero attached hydrogens (tertiary/aromatic N) is 1. The van der Waals surface area contributed by atoms with Crippen LogP contribution >= 0.6 is 0 Å². The fourth-order valence-corrected chi connectivity index (χ4v) is 3.37. The predicted octanol–water partition coefficient (Wildman–Crippen LogP) is 2.24. The first-order chi connectivity index (χ1) is 11.1. The van der Waals surface area contributed by atoms with Gasteiger partial charge in [0, 0.05) is 0 Å². The number of carbonyl (C=O) groups excluding carboxylic acids is 1. The fraction of sp³-hybridized carbons (Fsp3) is 0.125. The lowest BCUT2D eigenvalue weighted by Gasteiger charge is -2.08. The van der Waals surface area contributed by atoms with Crippen LogP contribution in [0.15, 0.2) is 47.6 Å². The van der Waals surface area contributed by atoms with Crippen LogP contribution in [-0.4, -0.2) is 27.3 Å². The molecule has 0 radical (unpaired) electrons. The number of aromatic nitrogens is 2. The Balaban J connectivity index is 1.89. The van der Waals surface area contributed by atoms with Gasteiger partial charge in [0.05, 0.1) is 45.9 Å². The number of rotatable bonds is 4. The normalized spacial score (nSPS) is 12.2. The first-order valence-electron chi connectivity index (χ1n) is 6.89. The van der Waals surface area contributed by atoms with Crippen molar-refractivity contribution in [1.82, 2.24) is 9.97 Å². The van der Waals surface area contributed by atoms with Crippen molar-refractivity contribution in [2.75, 3.05) is 12.8 Å². The largest absolute Gasteiger partial charge is 0.465 e. The minimum absolute atomic E-state index is 0.163. The molecule has 1 aromatic heterocycles. The summed E-state index contributed by atoms with van der Waals surface area (Å²) in [6, 6.07) is 12.5. The average Bonchev–Trinajstić information content (AvgIpc) is 3.00. The van der Waals surface area contributed by atoms with E-state index in [9.17, 15) is 9.00 Å². The number of imidazole rings is 1. The van der Waals surface area contributed by atoms with Gasteiger partial charge < -0.3 is 15.5 Å². The molecule has 1 atom stereocenters. The third-order valence-electron chi connectivity index (χ3n) is 3.47. The van der Waals surface area contributed by atoms with Crippen molar-refractivity contribution < 1.29 is 13.7 Å². The van der Waals surface area contributed by atoms with E-state index in [1.54, 1.807) is 18.2 Å². The molecule has 0 amide bonds. The summed E-state index contributed by atoms with van der Waals surface area (Å²) in [6.07, 6.45) is 0. The standard InChI is InChI=1S/C16H15N3O3S/c1-22-15(20)11-6-4-5-10(14(11)17)9-23(21)16-18-12-7-2-3-8-13(12)19-16/h2-8H,9,17H2,1H3,(H,18,19). The van der Waals surface area contributed by atoms with E-state index in [2.05, 4.69) is 14.7 Å². The van der Waals surface area contributed by atoms with E-state index < -0.39 is 16.8 Å². The van der Waals surface area contributed by atoms with Gasteiger partial charge in [-0.15, -0.1) is 0 Å². The van der Waals surface area contributed by atoms with E-state index in [0.29, 0.717) is 10.7 Å². The molecule has 0 bridgehead atoms. The van der Waals surface area contributed by atoms with Crippen molar-refractivity contribution in [3.63, 3.8) is 0 Å². The van der Waals surface area contributed by atoms with E-state index in [1.165, 1.54) is 7.11 Å². The van der Waals surface area contributed by atoms with E-state index in [1.807, 2.05) is 24.3 Å². The molecule has 0 aliphatic carbocycles. The number of anilines is 1. The molecule has 0 saturated heterocycles. The van der Waals surface area contributed by atoms with Crippen LogP contribution in [0.5, 0.6) is 0 Å². The van der Waals surface area contributed by atoms with Crippen molar-refractivity contribution in [3.05, 3.63) is 53.6 Å². The predicted molar refractivity (Wildman–Crippen MR) is 88.4 cm³/mol. The highest BCUT2D eigenvalue weighted by molar-refractivity contribution is 7.84. The molecule has 0 fully saturated rings. The molecule has 3 N–H and O–H groups in total. The van der Waals surface area contributed by atoms with Crippen LogP contribution in [0.4, 0.5) is 5.69 Å². The Kier molecular flexibility index (Phi) is 4.12. The second kappa shape index (κ2) is 6.21. The molecule has 7 heteroatoms. The number of esters is 1. The summed E-state index contributed by atoms with van der Waals surface area (Å²) >= 11 is 0. The van der Waals surface area contributed by atoms with Gasteiger partial charge in [0.2, 0.25) is 0 Å². The third kappa shape index (κ3) is 2.95. The lowest BCUT2D eigenvalue weighted by atomic mass is 10.1. The number of nitrogens with two attached hydrogens (primary N) is 1. The minimum atomic E-state index is -1.40. The summed E-state index contributed by atoms with van der Waals surface area (Å²) in [6.45, 7) is 0.